The summed E-state index contributed by atoms with van der Waals surface area (Å²) in [5, 5.41) is 2.38. The molecule has 1 aromatic heterocycles. The van der Waals surface area contributed by atoms with Crippen LogP contribution in [0.3, 0.4) is 0 Å². The molecule has 8 rings (SSSR count). The SMILES string of the molecule is Nn1c2ccc(C3=CC3)cc2c2cc(-c3ccc(N4c5ccccc5Oc5ccccc54)cc3)ccc21. The van der Waals surface area contributed by atoms with Crippen molar-refractivity contribution < 1.29 is 4.74 Å². The Morgan fingerprint density at radius 1 is 0.595 bits per heavy atom. The summed E-state index contributed by atoms with van der Waals surface area (Å²) in [6.45, 7) is 0. The third kappa shape index (κ3) is 3.09. The molecule has 6 aromatic rings. The highest BCUT2D eigenvalue weighted by Gasteiger charge is 2.25. The maximum Gasteiger partial charge on any atom is 0.151 e. The lowest BCUT2D eigenvalue weighted by Crippen LogP contribution is -2.15. The molecule has 1 aliphatic heterocycles. The molecule has 0 radical (unpaired) electrons. The normalized spacial score (nSPS) is 13.7. The van der Waals surface area contributed by atoms with Gasteiger partial charge in [-0.3, -0.25) is 4.68 Å². The first-order valence-corrected chi connectivity index (χ1v) is 12.5. The molecule has 2 aliphatic rings. The molecule has 0 bridgehead atoms. The standard InChI is InChI=1S/C33H23N3O/c34-36-28-17-13-23(21-9-10-21)19-26(28)27-20-24(14-18-29(27)36)22-11-15-25(16-12-22)35-30-5-1-3-7-32(30)37-33-8-4-2-6-31(33)35/h1-9,11-20H,10,34H2. The van der Waals surface area contributed by atoms with Gasteiger partial charge >= 0.3 is 0 Å². The van der Waals surface area contributed by atoms with Gasteiger partial charge in [-0.15, -0.1) is 0 Å². The highest BCUT2D eigenvalue weighted by atomic mass is 16.5. The first-order chi connectivity index (χ1) is 18.2. The predicted molar refractivity (Wildman–Crippen MR) is 152 cm³/mol. The van der Waals surface area contributed by atoms with Crippen LogP contribution in [-0.2, 0) is 0 Å². The van der Waals surface area contributed by atoms with Crippen molar-refractivity contribution in [3.8, 4) is 22.6 Å². The Bertz CT molecular complexity index is 1850. The average molecular weight is 478 g/mol. The fraction of sp³-hybridized carbons (Fsp3) is 0.0303. The first-order valence-electron chi connectivity index (χ1n) is 12.5. The van der Waals surface area contributed by atoms with Gasteiger partial charge in [0.1, 0.15) is 0 Å². The second kappa shape index (κ2) is 7.52. The van der Waals surface area contributed by atoms with Crippen LogP contribution in [-0.4, -0.2) is 4.68 Å². The molecule has 2 heterocycles. The van der Waals surface area contributed by atoms with E-state index < -0.39 is 0 Å². The number of ether oxygens (including phenoxy) is 1. The van der Waals surface area contributed by atoms with Crippen molar-refractivity contribution in [3.63, 3.8) is 0 Å². The maximum absolute atomic E-state index is 6.47. The van der Waals surface area contributed by atoms with Gasteiger partial charge in [0, 0.05) is 16.5 Å². The summed E-state index contributed by atoms with van der Waals surface area (Å²) in [7, 11) is 0. The Morgan fingerprint density at radius 2 is 1.14 bits per heavy atom. The second-order valence-corrected chi connectivity index (χ2v) is 9.69. The van der Waals surface area contributed by atoms with E-state index in [0.717, 1.165) is 46.0 Å². The quantitative estimate of drug-likeness (QED) is 0.259. The van der Waals surface area contributed by atoms with Gasteiger partial charge in [0.2, 0.25) is 0 Å². The first kappa shape index (κ1) is 20.3. The molecule has 176 valence electrons. The number of rotatable bonds is 3. The van der Waals surface area contributed by atoms with Gasteiger partial charge in [-0.25, -0.2) is 0 Å². The summed E-state index contributed by atoms with van der Waals surface area (Å²) in [4.78, 5) is 2.26. The van der Waals surface area contributed by atoms with Crippen molar-refractivity contribution in [2.75, 3.05) is 10.7 Å². The van der Waals surface area contributed by atoms with Crippen LogP contribution >= 0.6 is 0 Å². The Kier molecular flexibility index (Phi) is 4.12. The third-order valence-corrected chi connectivity index (χ3v) is 7.47. The molecule has 4 heteroatoms. The predicted octanol–water partition coefficient (Wildman–Crippen LogP) is 8.54. The van der Waals surface area contributed by atoms with Gasteiger partial charge in [-0.1, -0.05) is 54.6 Å². The molecule has 37 heavy (non-hydrogen) atoms. The van der Waals surface area contributed by atoms with E-state index in [9.17, 15) is 0 Å². The van der Waals surface area contributed by atoms with Gasteiger partial charge in [-0.2, -0.15) is 0 Å². The van der Waals surface area contributed by atoms with Crippen LogP contribution in [0.25, 0.3) is 38.5 Å². The molecular weight excluding hydrogens is 454 g/mol. The van der Waals surface area contributed by atoms with Crippen LogP contribution in [0.15, 0.2) is 115 Å². The molecule has 0 saturated heterocycles. The molecule has 0 atom stereocenters. The molecule has 5 aromatic carbocycles. The zero-order valence-corrected chi connectivity index (χ0v) is 20.1. The van der Waals surface area contributed by atoms with Crippen LogP contribution in [0.4, 0.5) is 17.1 Å². The molecule has 4 nitrogen and oxygen atoms in total. The Labute approximate surface area is 214 Å². The number of nitrogens with two attached hydrogens (primary N) is 1. The number of aromatic nitrogens is 1. The number of nitrogen functional groups attached to an aromatic ring is 1. The van der Waals surface area contributed by atoms with Crippen LogP contribution in [0.1, 0.15) is 12.0 Å². The summed E-state index contributed by atoms with van der Waals surface area (Å²) in [6.07, 6.45) is 3.35. The number of benzene rings is 5. The average Bonchev–Trinajstić information content (AvgIpc) is 3.77. The highest BCUT2D eigenvalue weighted by Crippen LogP contribution is 2.50. The molecule has 1 aliphatic carbocycles. The summed E-state index contributed by atoms with van der Waals surface area (Å²) in [5.41, 5.74) is 10.3. The fourth-order valence-electron chi connectivity index (χ4n) is 5.51. The van der Waals surface area contributed by atoms with E-state index in [4.69, 9.17) is 10.6 Å². The summed E-state index contributed by atoms with van der Waals surface area (Å²) >= 11 is 0. The van der Waals surface area contributed by atoms with Crippen molar-refractivity contribution in [1.82, 2.24) is 4.68 Å². The molecule has 2 N–H and O–H groups in total. The number of nitrogens with zero attached hydrogens (tertiary/aromatic N) is 2. The fourth-order valence-corrected chi connectivity index (χ4v) is 5.51. The number of fused-ring (bicyclic) bond motifs is 5. The minimum Gasteiger partial charge on any atom is -0.453 e. The number of anilines is 3. The lowest BCUT2D eigenvalue weighted by molar-refractivity contribution is 0.477. The van der Waals surface area contributed by atoms with E-state index in [2.05, 4.69) is 83.8 Å². The van der Waals surface area contributed by atoms with E-state index in [0.29, 0.717) is 0 Å². The largest absolute Gasteiger partial charge is 0.453 e. The van der Waals surface area contributed by atoms with Crippen LogP contribution in [0, 0.1) is 0 Å². The molecule has 0 amide bonds. The number of para-hydroxylation sites is 4. The van der Waals surface area contributed by atoms with E-state index in [-0.39, 0.29) is 0 Å². The van der Waals surface area contributed by atoms with E-state index >= 15 is 0 Å². The van der Waals surface area contributed by atoms with Crippen LogP contribution in [0.2, 0.25) is 0 Å². The van der Waals surface area contributed by atoms with Gasteiger partial charge in [0.25, 0.3) is 0 Å². The summed E-state index contributed by atoms with van der Waals surface area (Å²) < 4.78 is 7.97. The molecule has 0 spiro atoms. The Hall–Kier alpha value is -4.96. The summed E-state index contributed by atoms with van der Waals surface area (Å²) in [5.74, 6) is 8.19. The minimum absolute atomic E-state index is 0.857. The van der Waals surface area contributed by atoms with Crippen molar-refractivity contribution >= 4 is 44.4 Å². The topological polar surface area (TPSA) is 43.4 Å². The van der Waals surface area contributed by atoms with Gasteiger partial charge in [0.15, 0.2) is 11.5 Å². The monoisotopic (exact) mass is 477 g/mol. The zero-order valence-electron chi connectivity index (χ0n) is 20.1. The lowest BCUT2D eigenvalue weighted by atomic mass is 10.0. The van der Waals surface area contributed by atoms with Gasteiger partial charge in [0.05, 0.1) is 22.4 Å². The van der Waals surface area contributed by atoms with E-state index in [1.165, 1.54) is 33.0 Å². The van der Waals surface area contributed by atoms with Crippen LogP contribution in [0.5, 0.6) is 11.5 Å². The number of hydrogen-bond donors (Lipinski definition) is 1. The molecule has 0 unspecified atom stereocenters. The lowest BCUT2D eigenvalue weighted by Gasteiger charge is -2.32. The second-order valence-electron chi connectivity index (χ2n) is 9.69. The van der Waals surface area contributed by atoms with Crippen molar-refractivity contribution in [2.45, 2.75) is 6.42 Å². The Balaban J connectivity index is 1.22. The highest BCUT2D eigenvalue weighted by molar-refractivity contribution is 6.10. The van der Waals surface area contributed by atoms with Gasteiger partial charge in [-0.05, 0) is 89.3 Å². The smallest absolute Gasteiger partial charge is 0.151 e. The van der Waals surface area contributed by atoms with Gasteiger partial charge < -0.3 is 15.5 Å². The van der Waals surface area contributed by atoms with Crippen molar-refractivity contribution in [2.24, 2.45) is 0 Å². The van der Waals surface area contributed by atoms with Crippen molar-refractivity contribution in [3.05, 3.63) is 121 Å². The zero-order chi connectivity index (χ0) is 24.5. The molecule has 0 saturated carbocycles. The maximum atomic E-state index is 6.47. The third-order valence-electron chi connectivity index (χ3n) is 7.47. The molecular formula is C33H23N3O. The van der Waals surface area contributed by atoms with Crippen molar-refractivity contribution in [1.29, 1.82) is 0 Å². The molecule has 0 fully saturated rings. The minimum atomic E-state index is 0.857. The van der Waals surface area contributed by atoms with E-state index in [1.54, 1.807) is 4.68 Å². The summed E-state index contributed by atoms with van der Waals surface area (Å²) in [6, 6.07) is 38.2. The number of hydrogen-bond acceptors (Lipinski definition) is 3. The van der Waals surface area contributed by atoms with E-state index in [1.807, 2.05) is 36.4 Å². The van der Waals surface area contributed by atoms with Crippen LogP contribution < -0.4 is 15.5 Å². The Morgan fingerprint density at radius 3 is 1.76 bits per heavy atom. The number of allylic oxidation sites excluding steroid dienone is 2.